The van der Waals surface area contributed by atoms with Gasteiger partial charge in [0.25, 0.3) is 11.1 Å². The lowest BCUT2D eigenvalue weighted by atomic mass is 9.89. The Kier molecular flexibility index (Phi) is 21.9. The Hall–Kier alpha value is -8.61. The van der Waals surface area contributed by atoms with Crippen LogP contribution in [0.4, 0.5) is 53.9 Å². The van der Waals surface area contributed by atoms with E-state index in [-0.39, 0.29) is 87.3 Å². The number of pyridine rings is 4. The Bertz CT molecular complexity index is 4780. The number of aliphatic hydroxyl groups excluding tert-OH is 1. The zero-order valence-electron chi connectivity index (χ0n) is 64.0. The highest BCUT2D eigenvalue weighted by molar-refractivity contribution is 6.74. The van der Waals surface area contributed by atoms with Crippen LogP contribution in [0, 0.1) is 54.7 Å². The van der Waals surface area contributed by atoms with Gasteiger partial charge in [0.05, 0.1) is 86.7 Å². The minimum Gasteiger partial charge on any atom is -0.507 e. The standard InChI is InChI=1S/C46H62F3N5O5Si.C35H39F3N4O3/c1-26(2)38-39(27(3)18-20-50-38)54-40-31(22-33(48)36(37(40)49)35-32(47)16-15-17-34(35)57-12)41-42(43(54)55)51(21-19-29(5)59-60(13,14)46(9,10)11)24-30-25-52(28(4)23-53(30)41)44(56)58-45(6,7)8;1-18(2)30-31(20(4)11-13-39-30)42-32-23(15-25(37)28(29(32)38)27-24(36)7-6-8-26(27)44)33-34(35(42)45)40(14-12-21(5)43)17-22-10-9-19(3)16-41(22)33/h15-18,20,22,26,28-30H,19,21,23-25H2,1-14H3;6-8,11,13,15,18-19,21-22,43-44H,9-10,12,14,16-17H2,1-5H3/t28-,29?,30+;19-,21?,22+/m10/s1. The average molecular weight is 1470 g/mol. The first-order valence-electron chi connectivity index (χ1n) is 36.6. The van der Waals surface area contributed by atoms with Crippen LogP contribution in [-0.2, 0) is 9.16 Å². The molecule has 2 unspecified atom stereocenters. The molecule has 4 aromatic carbocycles. The average Bonchev–Trinajstić information content (AvgIpc) is 0.708. The summed E-state index contributed by atoms with van der Waals surface area (Å²) < 4.78 is 120. The number of aryl methyl sites for hydroxylation is 2. The van der Waals surface area contributed by atoms with Crippen LogP contribution in [-0.4, -0.2) is 137 Å². The summed E-state index contributed by atoms with van der Waals surface area (Å²) >= 11 is 0. The number of phenols is 1. The van der Waals surface area contributed by atoms with E-state index < -0.39 is 106 Å². The number of fused-ring (bicyclic) bond motifs is 10. The summed E-state index contributed by atoms with van der Waals surface area (Å²) in [6, 6.07) is 12.5. The van der Waals surface area contributed by atoms with Crippen LogP contribution in [0.2, 0.25) is 18.1 Å². The van der Waals surface area contributed by atoms with Crippen molar-refractivity contribution in [3.05, 3.63) is 151 Å². The van der Waals surface area contributed by atoms with E-state index in [9.17, 15) is 15.0 Å². The van der Waals surface area contributed by atoms with E-state index in [4.69, 9.17) is 13.9 Å². The summed E-state index contributed by atoms with van der Waals surface area (Å²) in [6.07, 6.45) is 4.81. The maximum absolute atomic E-state index is 17.9. The molecule has 4 aliphatic heterocycles. The van der Waals surface area contributed by atoms with E-state index in [2.05, 4.69) is 55.7 Å². The molecule has 12 rings (SSSR count). The lowest BCUT2D eigenvalue weighted by Gasteiger charge is -2.52. The molecular weight excluding hydrogens is 1370 g/mol. The van der Waals surface area contributed by atoms with Crippen molar-refractivity contribution in [3.63, 3.8) is 0 Å². The molecule has 564 valence electrons. The highest BCUT2D eigenvalue weighted by atomic mass is 28.4. The number of carbonyl (C=O) groups excluding carboxylic acids is 1. The summed E-state index contributed by atoms with van der Waals surface area (Å²) in [7, 11) is -0.855. The van der Waals surface area contributed by atoms with Crippen LogP contribution in [0.1, 0.15) is 157 Å². The van der Waals surface area contributed by atoms with Crippen molar-refractivity contribution in [2.24, 2.45) is 5.92 Å². The van der Waals surface area contributed by atoms with Crippen LogP contribution in [0.25, 0.3) is 55.4 Å². The summed E-state index contributed by atoms with van der Waals surface area (Å²) in [5, 5.41) is 21.1. The van der Waals surface area contributed by atoms with Gasteiger partial charge in [-0.05, 0) is 177 Å². The highest BCUT2D eigenvalue weighted by Crippen LogP contribution is 2.50. The van der Waals surface area contributed by atoms with E-state index >= 15 is 35.9 Å². The molecule has 0 aliphatic carbocycles. The number of aromatic hydroxyl groups is 1. The number of phenolic OH excluding ortho intramolecular Hbond substituents is 1. The monoisotopic (exact) mass is 1470 g/mol. The van der Waals surface area contributed by atoms with Gasteiger partial charge in [0.2, 0.25) is 0 Å². The number of piperazine rings is 1. The van der Waals surface area contributed by atoms with Crippen LogP contribution in [0.15, 0.2) is 82.6 Å². The Morgan fingerprint density at radius 3 is 1.58 bits per heavy atom. The predicted molar refractivity (Wildman–Crippen MR) is 407 cm³/mol. The Labute approximate surface area is 612 Å². The zero-order valence-corrected chi connectivity index (χ0v) is 65.0. The predicted octanol–water partition coefficient (Wildman–Crippen LogP) is 17.1. The minimum absolute atomic E-state index is 0.00564. The first-order valence-corrected chi connectivity index (χ1v) is 39.5. The second-order valence-electron chi connectivity index (χ2n) is 32.3. The van der Waals surface area contributed by atoms with Gasteiger partial charge in [-0.2, -0.15) is 0 Å². The number of aromatic nitrogens is 4. The van der Waals surface area contributed by atoms with Crippen LogP contribution in [0.5, 0.6) is 11.5 Å². The number of piperidine rings is 1. The van der Waals surface area contributed by atoms with E-state index in [1.165, 1.54) is 52.6 Å². The van der Waals surface area contributed by atoms with E-state index in [0.717, 1.165) is 25.0 Å². The molecule has 0 saturated carbocycles. The van der Waals surface area contributed by atoms with Crippen LogP contribution >= 0.6 is 0 Å². The number of benzene rings is 4. The largest absolute Gasteiger partial charge is 0.507 e. The number of halogens is 6. The van der Waals surface area contributed by atoms with Crippen molar-refractivity contribution < 1.29 is 55.2 Å². The third-order valence-electron chi connectivity index (χ3n) is 21.5. The van der Waals surface area contributed by atoms with Gasteiger partial charge < -0.3 is 48.6 Å². The highest BCUT2D eigenvalue weighted by Gasteiger charge is 2.46. The lowest BCUT2D eigenvalue weighted by Crippen LogP contribution is -2.65. The van der Waals surface area contributed by atoms with Crippen molar-refractivity contribution in [1.82, 2.24) is 24.0 Å². The van der Waals surface area contributed by atoms with Gasteiger partial charge in [0, 0.05) is 87.2 Å². The van der Waals surface area contributed by atoms with Gasteiger partial charge in [-0.3, -0.25) is 28.7 Å². The van der Waals surface area contributed by atoms with Crippen LogP contribution < -0.4 is 35.5 Å². The summed E-state index contributed by atoms with van der Waals surface area (Å²) in [4.78, 5) is 63.4. The molecule has 2 saturated heterocycles. The second-order valence-corrected chi connectivity index (χ2v) is 37.1. The third-order valence-corrected chi connectivity index (χ3v) is 26.1. The number of hydrogen-bond acceptors (Lipinski definition) is 14. The quantitative estimate of drug-likeness (QED) is 0.0734. The number of amides is 1. The topological polar surface area (TPSA) is 171 Å². The van der Waals surface area contributed by atoms with Gasteiger partial charge >= 0.3 is 6.09 Å². The molecule has 0 radical (unpaired) electrons. The fraction of sp³-hybridized carbons (Fsp3) is 0.494. The molecule has 0 bridgehead atoms. The molecule has 6 atom stereocenters. The Balaban J connectivity index is 0.000000218. The number of ether oxygens (including phenoxy) is 2. The van der Waals surface area contributed by atoms with Crippen molar-refractivity contribution in [1.29, 1.82) is 0 Å². The van der Waals surface area contributed by atoms with Gasteiger partial charge in [-0.25, -0.2) is 31.1 Å². The normalized spacial score (nSPS) is 18.3. The smallest absolute Gasteiger partial charge is 0.410 e. The number of aliphatic hydroxyl groups is 1. The first-order chi connectivity index (χ1) is 49.3. The number of rotatable bonds is 15. The number of anilines is 4. The summed E-state index contributed by atoms with van der Waals surface area (Å²) in [5.74, 6) is -6.95. The Morgan fingerprint density at radius 1 is 0.610 bits per heavy atom. The molecule has 4 aromatic heterocycles. The summed E-state index contributed by atoms with van der Waals surface area (Å²) in [6.45, 7) is 38.2. The van der Waals surface area contributed by atoms with Gasteiger partial charge in [0.15, 0.2) is 20.0 Å². The lowest BCUT2D eigenvalue weighted by molar-refractivity contribution is 0.0125. The minimum atomic E-state index is -2.16. The first kappa shape index (κ1) is 77.5. The number of methoxy groups -OCH3 is 1. The van der Waals surface area contributed by atoms with E-state index in [1.807, 2.05) is 83.9 Å². The molecule has 2 fully saturated rings. The maximum Gasteiger partial charge on any atom is 0.410 e. The van der Waals surface area contributed by atoms with Gasteiger partial charge in [-0.1, -0.05) is 67.5 Å². The van der Waals surface area contributed by atoms with Crippen molar-refractivity contribution >= 4 is 59.0 Å². The fourth-order valence-corrected chi connectivity index (χ4v) is 16.9. The van der Waals surface area contributed by atoms with Gasteiger partial charge in [-0.15, -0.1) is 0 Å². The number of nitrogens with zero attached hydrogens (tertiary/aromatic N) is 9. The molecule has 2 N–H and O–H groups in total. The number of carbonyl (C=O) groups is 1. The molecule has 8 heterocycles. The molecule has 4 aliphatic rings. The van der Waals surface area contributed by atoms with Gasteiger partial charge in [0.1, 0.15) is 51.7 Å². The van der Waals surface area contributed by atoms with Crippen LogP contribution in [0.3, 0.4) is 0 Å². The third kappa shape index (κ3) is 14.5. The van der Waals surface area contributed by atoms with E-state index in [1.54, 1.807) is 43.3 Å². The zero-order chi connectivity index (χ0) is 76.7. The number of hydrogen-bond donors (Lipinski definition) is 2. The van der Waals surface area contributed by atoms with E-state index in [0.29, 0.717) is 96.5 Å². The maximum atomic E-state index is 17.9. The molecule has 105 heavy (non-hydrogen) atoms. The van der Waals surface area contributed by atoms with Crippen molar-refractivity contribution in [2.75, 3.05) is 72.5 Å². The molecule has 17 nitrogen and oxygen atoms in total. The second kappa shape index (κ2) is 29.6. The molecule has 8 aromatic rings. The van der Waals surface area contributed by atoms with Crippen molar-refractivity contribution in [2.45, 2.75) is 202 Å². The fourth-order valence-electron chi connectivity index (χ4n) is 15.4. The molecule has 1 amide bonds. The Morgan fingerprint density at radius 2 is 1.10 bits per heavy atom. The molecule has 0 spiro atoms. The molecule has 24 heteroatoms. The molecular formula is C81H101F6N9O8Si. The SMILES string of the molecule is COc1cccc(F)c1-c1c(F)cc2c3c(c(=O)n(-c4c(C)ccnc4C(C)C)c2c1F)N(CCC(C)O[Si](C)(C)C(C)(C)C)C[C@H]1CN(C(=O)OC(C)(C)C)[C@H](C)CN31.Cc1ccnc(C(C)C)c1-n1c(=O)c2c(c3cc(F)c(-c4c(O)cccc4F)c(F)c31)N1C[C@@H](C)CC[C@@H]1CN2CCC(C)O. The summed E-state index contributed by atoms with van der Waals surface area (Å²) in [5.41, 5.74) is -0.0224. The van der Waals surface area contributed by atoms with Crippen molar-refractivity contribution in [3.8, 4) is 45.1 Å².